The van der Waals surface area contributed by atoms with E-state index < -0.39 is 0 Å². The summed E-state index contributed by atoms with van der Waals surface area (Å²) in [5, 5.41) is 8.49. The molecule has 2 atom stereocenters. The third-order valence-corrected chi connectivity index (χ3v) is 3.91. The standard InChI is InChI=1S/C16H30ClN3O/c1-12(10-16(2,3)4)9-14(18-5)15-13(17)11-19-20(15)7-8-21-6/h11-12,14,18H,7-10H2,1-6H3. The van der Waals surface area contributed by atoms with E-state index in [-0.39, 0.29) is 6.04 Å². The number of hydrogen-bond donors (Lipinski definition) is 1. The fourth-order valence-corrected chi connectivity index (χ4v) is 3.24. The van der Waals surface area contributed by atoms with Gasteiger partial charge in [0, 0.05) is 7.11 Å². The molecule has 0 fully saturated rings. The lowest BCUT2D eigenvalue weighted by molar-refractivity contribution is 0.181. The summed E-state index contributed by atoms with van der Waals surface area (Å²) in [6.45, 7) is 10.5. The molecule has 0 spiro atoms. The van der Waals surface area contributed by atoms with Gasteiger partial charge in [0.25, 0.3) is 0 Å². The number of hydrogen-bond acceptors (Lipinski definition) is 3. The van der Waals surface area contributed by atoms with Gasteiger partial charge in [-0.2, -0.15) is 5.10 Å². The first-order valence-electron chi connectivity index (χ1n) is 7.66. The first-order chi connectivity index (χ1) is 9.78. The minimum absolute atomic E-state index is 0.217. The van der Waals surface area contributed by atoms with E-state index in [2.05, 4.69) is 38.1 Å². The highest BCUT2D eigenvalue weighted by Crippen LogP contribution is 2.32. The van der Waals surface area contributed by atoms with E-state index in [1.165, 1.54) is 6.42 Å². The smallest absolute Gasteiger partial charge is 0.0834 e. The van der Waals surface area contributed by atoms with Crippen molar-refractivity contribution in [2.45, 2.75) is 53.1 Å². The summed E-state index contributed by atoms with van der Waals surface area (Å²) in [4.78, 5) is 0. The summed E-state index contributed by atoms with van der Waals surface area (Å²) < 4.78 is 7.10. The minimum Gasteiger partial charge on any atom is -0.383 e. The van der Waals surface area contributed by atoms with Gasteiger partial charge in [0.15, 0.2) is 0 Å². The SMILES string of the molecule is CNC(CC(C)CC(C)(C)C)c1c(Cl)cnn1CCOC. The first-order valence-corrected chi connectivity index (χ1v) is 8.03. The van der Waals surface area contributed by atoms with E-state index >= 15 is 0 Å². The molecule has 0 saturated heterocycles. The zero-order valence-corrected chi connectivity index (χ0v) is 15.0. The number of nitrogens with zero attached hydrogens (tertiary/aromatic N) is 2. The topological polar surface area (TPSA) is 39.1 Å². The lowest BCUT2D eigenvalue weighted by Crippen LogP contribution is -2.25. The van der Waals surface area contributed by atoms with Crippen LogP contribution >= 0.6 is 11.6 Å². The van der Waals surface area contributed by atoms with Crippen LogP contribution in [0.5, 0.6) is 0 Å². The highest BCUT2D eigenvalue weighted by atomic mass is 35.5. The van der Waals surface area contributed by atoms with E-state index in [4.69, 9.17) is 16.3 Å². The zero-order chi connectivity index (χ0) is 16.0. The predicted octanol–water partition coefficient (Wildman–Crippen LogP) is 3.91. The zero-order valence-electron chi connectivity index (χ0n) is 14.2. The maximum Gasteiger partial charge on any atom is 0.0834 e. The largest absolute Gasteiger partial charge is 0.383 e. The molecule has 122 valence electrons. The molecule has 1 aromatic rings. The van der Waals surface area contributed by atoms with Crippen molar-refractivity contribution in [3.05, 3.63) is 16.9 Å². The highest BCUT2D eigenvalue weighted by molar-refractivity contribution is 6.31. The van der Waals surface area contributed by atoms with Gasteiger partial charge in [-0.25, -0.2) is 0 Å². The monoisotopic (exact) mass is 315 g/mol. The van der Waals surface area contributed by atoms with Crippen LogP contribution in [0.2, 0.25) is 5.02 Å². The van der Waals surface area contributed by atoms with Gasteiger partial charge in [0.2, 0.25) is 0 Å². The molecule has 4 nitrogen and oxygen atoms in total. The van der Waals surface area contributed by atoms with Crippen molar-refractivity contribution >= 4 is 11.6 Å². The van der Waals surface area contributed by atoms with Crippen molar-refractivity contribution < 1.29 is 4.74 Å². The molecule has 0 aliphatic carbocycles. The summed E-state index contributed by atoms with van der Waals surface area (Å²) in [7, 11) is 3.68. The molecule has 5 heteroatoms. The van der Waals surface area contributed by atoms with Crippen molar-refractivity contribution in [3.63, 3.8) is 0 Å². The molecular formula is C16H30ClN3O. The van der Waals surface area contributed by atoms with Gasteiger partial charge in [-0.15, -0.1) is 0 Å². The Morgan fingerprint density at radius 1 is 1.43 bits per heavy atom. The molecule has 0 aliphatic heterocycles. The predicted molar refractivity (Wildman–Crippen MR) is 88.8 cm³/mol. The van der Waals surface area contributed by atoms with Crippen LogP contribution in [-0.2, 0) is 11.3 Å². The number of methoxy groups -OCH3 is 1. The molecule has 1 rings (SSSR count). The van der Waals surface area contributed by atoms with E-state index in [0.29, 0.717) is 17.9 Å². The van der Waals surface area contributed by atoms with Crippen LogP contribution in [0, 0.1) is 11.3 Å². The van der Waals surface area contributed by atoms with Gasteiger partial charge in [0.05, 0.1) is 36.1 Å². The van der Waals surface area contributed by atoms with Crippen molar-refractivity contribution in [1.82, 2.24) is 15.1 Å². The van der Waals surface area contributed by atoms with Gasteiger partial charge in [-0.05, 0) is 31.2 Å². The molecule has 21 heavy (non-hydrogen) atoms. The molecule has 0 aliphatic rings. The van der Waals surface area contributed by atoms with Crippen LogP contribution in [0.1, 0.15) is 52.3 Å². The molecular weight excluding hydrogens is 286 g/mol. The Morgan fingerprint density at radius 2 is 2.10 bits per heavy atom. The molecule has 0 saturated carbocycles. The summed E-state index contributed by atoms with van der Waals surface area (Å²) in [5.74, 6) is 0.615. The summed E-state index contributed by atoms with van der Waals surface area (Å²) in [6.07, 6.45) is 3.96. The summed E-state index contributed by atoms with van der Waals surface area (Å²) in [5.41, 5.74) is 1.41. The van der Waals surface area contributed by atoms with Crippen molar-refractivity contribution in [3.8, 4) is 0 Å². The van der Waals surface area contributed by atoms with E-state index in [1.54, 1.807) is 13.3 Å². The Morgan fingerprint density at radius 3 is 2.62 bits per heavy atom. The van der Waals surface area contributed by atoms with E-state index in [0.717, 1.165) is 23.7 Å². The normalized spacial score (nSPS) is 15.2. The van der Waals surface area contributed by atoms with Crippen LogP contribution in [-0.4, -0.2) is 30.5 Å². The maximum atomic E-state index is 6.35. The Labute approximate surface area is 134 Å². The fourth-order valence-electron chi connectivity index (χ4n) is 2.97. The average molecular weight is 316 g/mol. The van der Waals surface area contributed by atoms with E-state index in [1.807, 2.05) is 11.7 Å². The minimum atomic E-state index is 0.217. The first kappa shape index (κ1) is 18.5. The second-order valence-corrected chi connectivity index (χ2v) is 7.45. The average Bonchev–Trinajstić information content (AvgIpc) is 2.72. The van der Waals surface area contributed by atoms with Gasteiger partial charge < -0.3 is 10.1 Å². The number of aromatic nitrogens is 2. The fraction of sp³-hybridized carbons (Fsp3) is 0.812. The molecule has 0 bridgehead atoms. The van der Waals surface area contributed by atoms with Gasteiger partial charge in [0.1, 0.15) is 0 Å². The molecule has 1 N–H and O–H groups in total. The Bertz CT molecular complexity index is 426. The molecule has 1 aromatic heterocycles. The lowest BCUT2D eigenvalue weighted by Gasteiger charge is -2.27. The highest BCUT2D eigenvalue weighted by Gasteiger charge is 2.23. The van der Waals surface area contributed by atoms with Crippen molar-refractivity contribution in [1.29, 1.82) is 0 Å². The second kappa shape index (κ2) is 8.16. The summed E-state index contributed by atoms with van der Waals surface area (Å²) in [6, 6.07) is 0.217. The van der Waals surface area contributed by atoms with Crippen LogP contribution in [0.25, 0.3) is 0 Å². The third kappa shape index (κ3) is 5.97. The van der Waals surface area contributed by atoms with Crippen LogP contribution in [0.15, 0.2) is 6.20 Å². The quantitative estimate of drug-likeness (QED) is 0.790. The number of rotatable bonds is 8. The Kier molecular flexibility index (Phi) is 7.17. The Balaban J connectivity index is 2.82. The molecule has 0 radical (unpaired) electrons. The Hall–Kier alpha value is -0.580. The maximum absolute atomic E-state index is 6.35. The number of nitrogens with one attached hydrogen (secondary N) is 1. The van der Waals surface area contributed by atoms with Crippen LogP contribution in [0.3, 0.4) is 0 Å². The summed E-state index contributed by atoms with van der Waals surface area (Å²) >= 11 is 6.35. The molecule has 0 amide bonds. The van der Waals surface area contributed by atoms with E-state index in [9.17, 15) is 0 Å². The molecule has 1 heterocycles. The van der Waals surface area contributed by atoms with Gasteiger partial charge >= 0.3 is 0 Å². The lowest BCUT2D eigenvalue weighted by atomic mass is 9.82. The van der Waals surface area contributed by atoms with Crippen LogP contribution < -0.4 is 5.32 Å². The molecule has 2 unspecified atom stereocenters. The van der Waals surface area contributed by atoms with Gasteiger partial charge in [-0.1, -0.05) is 39.3 Å². The van der Waals surface area contributed by atoms with Crippen molar-refractivity contribution in [2.24, 2.45) is 11.3 Å². The van der Waals surface area contributed by atoms with Crippen molar-refractivity contribution in [2.75, 3.05) is 20.8 Å². The number of ether oxygens (including phenoxy) is 1. The van der Waals surface area contributed by atoms with Crippen LogP contribution in [0.4, 0.5) is 0 Å². The number of halogens is 1. The van der Waals surface area contributed by atoms with Gasteiger partial charge in [-0.3, -0.25) is 4.68 Å². The second-order valence-electron chi connectivity index (χ2n) is 7.04. The molecule has 0 aromatic carbocycles. The third-order valence-electron chi connectivity index (χ3n) is 3.62.